The monoisotopic (exact) mass is 277 g/mol. The van der Waals surface area contributed by atoms with Gasteiger partial charge in [0, 0.05) is 52.6 Å². The van der Waals surface area contributed by atoms with Gasteiger partial charge in [0.2, 0.25) is 0 Å². The molecule has 0 radical (unpaired) electrons. The first-order valence-corrected chi connectivity index (χ1v) is 7.40. The normalized spacial score (nSPS) is 19.0. The molecule has 112 valence electrons. The van der Waals surface area contributed by atoms with E-state index in [9.17, 15) is 0 Å². The van der Waals surface area contributed by atoms with Crippen LogP contribution in [0.5, 0.6) is 0 Å². The van der Waals surface area contributed by atoms with Crippen LogP contribution in [0.15, 0.2) is 24.3 Å². The van der Waals surface area contributed by atoms with Gasteiger partial charge in [0.15, 0.2) is 0 Å². The third-order valence-corrected chi connectivity index (χ3v) is 4.27. The van der Waals surface area contributed by atoms with E-state index in [1.165, 1.54) is 11.3 Å². The lowest BCUT2D eigenvalue weighted by atomic mass is 10.00. The molecule has 20 heavy (non-hydrogen) atoms. The molecule has 0 spiro atoms. The van der Waals surface area contributed by atoms with E-state index in [4.69, 9.17) is 10.5 Å². The molecule has 1 fully saturated rings. The minimum absolute atomic E-state index is 0.323. The Bertz CT molecular complexity index is 397. The SMILES string of the molecule is COC1CCN(C(CN)c2ccc(N(C)C)cc2)CC1. The van der Waals surface area contributed by atoms with E-state index in [1.54, 1.807) is 7.11 Å². The zero-order chi connectivity index (χ0) is 14.5. The maximum atomic E-state index is 6.02. The number of nitrogens with two attached hydrogens (primary N) is 1. The minimum atomic E-state index is 0.323. The van der Waals surface area contributed by atoms with Crippen molar-refractivity contribution in [1.82, 2.24) is 4.90 Å². The van der Waals surface area contributed by atoms with Gasteiger partial charge in [0.1, 0.15) is 0 Å². The van der Waals surface area contributed by atoms with E-state index in [-0.39, 0.29) is 0 Å². The van der Waals surface area contributed by atoms with Crippen LogP contribution in [-0.4, -0.2) is 51.8 Å². The van der Waals surface area contributed by atoms with Crippen molar-refractivity contribution in [3.8, 4) is 0 Å². The second kappa shape index (κ2) is 7.07. The van der Waals surface area contributed by atoms with Crippen molar-refractivity contribution >= 4 is 5.69 Å². The predicted molar refractivity (Wildman–Crippen MR) is 84.2 cm³/mol. The van der Waals surface area contributed by atoms with Crippen molar-refractivity contribution in [2.75, 3.05) is 45.7 Å². The quantitative estimate of drug-likeness (QED) is 0.892. The summed E-state index contributed by atoms with van der Waals surface area (Å²) in [7, 11) is 5.93. The number of hydrogen-bond acceptors (Lipinski definition) is 4. The second-order valence-corrected chi connectivity index (χ2v) is 5.71. The molecule has 1 aliphatic rings. The summed E-state index contributed by atoms with van der Waals surface area (Å²) in [6.07, 6.45) is 2.62. The smallest absolute Gasteiger partial charge is 0.0595 e. The van der Waals surface area contributed by atoms with Crippen LogP contribution in [0.25, 0.3) is 0 Å². The molecule has 2 rings (SSSR count). The Morgan fingerprint density at radius 2 is 1.85 bits per heavy atom. The van der Waals surface area contributed by atoms with Crippen LogP contribution in [0, 0.1) is 0 Å². The number of likely N-dealkylation sites (tertiary alicyclic amines) is 1. The van der Waals surface area contributed by atoms with E-state index in [0.29, 0.717) is 18.7 Å². The average molecular weight is 277 g/mol. The molecule has 4 heteroatoms. The van der Waals surface area contributed by atoms with Crippen LogP contribution in [-0.2, 0) is 4.74 Å². The Hall–Kier alpha value is -1.10. The van der Waals surface area contributed by atoms with Gasteiger partial charge in [-0.2, -0.15) is 0 Å². The fourth-order valence-corrected chi connectivity index (χ4v) is 2.91. The minimum Gasteiger partial charge on any atom is -0.381 e. The fraction of sp³-hybridized carbons (Fsp3) is 0.625. The van der Waals surface area contributed by atoms with Gasteiger partial charge in [-0.05, 0) is 30.5 Å². The molecule has 0 saturated carbocycles. The van der Waals surface area contributed by atoms with Crippen molar-refractivity contribution in [3.63, 3.8) is 0 Å². The van der Waals surface area contributed by atoms with Crippen LogP contribution in [0.1, 0.15) is 24.4 Å². The average Bonchev–Trinajstić information content (AvgIpc) is 2.49. The van der Waals surface area contributed by atoms with Gasteiger partial charge < -0.3 is 15.4 Å². The molecule has 1 heterocycles. The van der Waals surface area contributed by atoms with Gasteiger partial charge >= 0.3 is 0 Å². The van der Waals surface area contributed by atoms with E-state index in [1.807, 2.05) is 0 Å². The van der Waals surface area contributed by atoms with E-state index in [2.05, 4.69) is 48.2 Å². The molecule has 1 aromatic rings. The van der Waals surface area contributed by atoms with Crippen molar-refractivity contribution in [2.24, 2.45) is 5.73 Å². The molecule has 1 saturated heterocycles. The first kappa shape index (κ1) is 15.3. The fourth-order valence-electron chi connectivity index (χ4n) is 2.91. The van der Waals surface area contributed by atoms with Gasteiger partial charge in [-0.1, -0.05) is 12.1 Å². The Morgan fingerprint density at radius 3 is 2.30 bits per heavy atom. The van der Waals surface area contributed by atoms with Gasteiger partial charge in [0.05, 0.1) is 6.10 Å². The van der Waals surface area contributed by atoms with Crippen molar-refractivity contribution in [1.29, 1.82) is 0 Å². The first-order chi connectivity index (χ1) is 9.65. The maximum absolute atomic E-state index is 6.02. The lowest BCUT2D eigenvalue weighted by Gasteiger charge is -2.37. The van der Waals surface area contributed by atoms with Gasteiger partial charge in [-0.25, -0.2) is 0 Å². The zero-order valence-corrected chi connectivity index (χ0v) is 12.9. The Labute approximate surface area is 122 Å². The molecule has 0 amide bonds. The van der Waals surface area contributed by atoms with Crippen LogP contribution >= 0.6 is 0 Å². The van der Waals surface area contributed by atoms with Gasteiger partial charge in [-0.3, -0.25) is 4.90 Å². The number of piperidine rings is 1. The number of anilines is 1. The molecule has 2 N–H and O–H groups in total. The summed E-state index contributed by atoms with van der Waals surface area (Å²) in [5.41, 5.74) is 8.56. The molecule has 0 aromatic heterocycles. The van der Waals surface area contributed by atoms with Gasteiger partial charge in [-0.15, -0.1) is 0 Å². The highest BCUT2D eigenvalue weighted by molar-refractivity contribution is 5.46. The predicted octanol–water partition coefficient (Wildman–Crippen LogP) is 1.86. The highest BCUT2D eigenvalue weighted by atomic mass is 16.5. The van der Waals surface area contributed by atoms with E-state index < -0.39 is 0 Å². The van der Waals surface area contributed by atoms with Crippen molar-refractivity contribution < 1.29 is 4.74 Å². The molecular weight excluding hydrogens is 250 g/mol. The molecular formula is C16H27N3O. The largest absolute Gasteiger partial charge is 0.381 e. The number of benzene rings is 1. The molecule has 0 aliphatic carbocycles. The molecule has 0 bridgehead atoms. The molecule has 1 aromatic carbocycles. The third kappa shape index (κ3) is 3.51. The van der Waals surface area contributed by atoms with Crippen LogP contribution in [0.3, 0.4) is 0 Å². The molecule has 4 nitrogen and oxygen atoms in total. The topological polar surface area (TPSA) is 41.7 Å². The second-order valence-electron chi connectivity index (χ2n) is 5.71. The summed E-state index contributed by atoms with van der Waals surface area (Å²) in [6, 6.07) is 9.06. The Kier molecular flexibility index (Phi) is 5.40. The number of hydrogen-bond donors (Lipinski definition) is 1. The van der Waals surface area contributed by atoms with E-state index in [0.717, 1.165) is 25.9 Å². The highest BCUT2D eigenvalue weighted by Gasteiger charge is 2.25. The van der Waals surface area contributed by atoms with Crippen molar-refractivity contribution in [3.05, 3.63) is 29.8 Å². The molecule has 1 atom stereocenters. The van der Waals surface area contributed by atoms with Crippen molar-refractivity contribution in [2.45, 2.75) is 25.0 Å². The summed E-state index contributed by atoms with van der Waals surface area (Å²) in [4.78, 5) is 4.60. The van der Waals surface area contributed by atoms with Crippen LogP contribution in [0.2, 0.25) is 0 Å². The standard InChI is InChI=1S/C16H27N3O/c1-18(2)14-6-4-13(5-7-14)16(12-17)19-10-8-15(20-3)9-11-19/h4-7,15-16H,8-12,17H2,1-3H3. The third-order valence-electron chi connectivity index (χ3n) is 4.27. The summed E-state index contributed by atoms with van der Waals surface area (Å²) >= 11 is 0. The summed E-state index contributed by atoms with van der Waals surface area (Å²) in [5.74, 6) is 0. The maximum Gasteiger partial charge on any atom is 0.0595 e. The summed E-state index contributed by atoms with van der Waals surface area (Å²) in [5, 5.41) is 0. The number of rotatable bonds is 5. The van der Waals surface area contributed by atoms with Crippen LogP contribution in [0.4, 0.5) is 5.69 Å². The molecule has 1 aliphatic heterocycles. The summed E-state index contributed by atoms with van der Waals surface area (Å²) in [6.45, 7) is 2.80. The Morgan fingerprint density at radius 1 is 1.25 bits per heavy atom. The Balaban J connectivity index is 2.04. The summed E-state index contributed by atoms with van der Waals surface area (Å²) < 4.78 is 5.44. The highest BCUT2D eigenvalue weighted by Crippen LogP contribution is 2.26. The van der Waals surface area contributed by atoms with E-state index >= 15 is 0 Å². The number of methoxy groups -OCH3 is 1. The zero-order valence-electron chi connectivity index (χ0n) is 12.9. The lowest BCUT2D eigenvalue weighted by molar-refractivity contribution is 0.0280. The lowest BCUT2D eigenvalue weighted by Crippen LogP contribution is -2.41. The first-order valence-electron chi connectivity index (χ1n) is 7.40. The number of ether oxygens (including phenoxy) is 1. The molecule has 1 unspecified atom stereocenters. The number of nitrogens with zero attached hydrogens (tertiary/aromatic N) is 2. The van der Waals surface area contributed by atoms with Gasteiger partial charge in [0.25, 0.3) is 0 Å². The van der Waals surface area contributed by atoms with Crippen LogP contribution < -0.4 is 10.6 Å².